The molecule has 0 saturated heterocycles. The normalized spacial score (nSPS) is 11.1. The van der Waals surface area contributed by atoms with Crippen LogP contribution in [-0.2, 0) is 0 Å². The highest BCUT2D eigenvalue weighted by atomic mass is 19.1. The molecule has 0 aliphatic rings. The Hall–Kier alpha value is -2.16. The van der Waals surface area contributed by atoms with Crippen LogP contribution in [0.4, 0.5) is 4.39 Å². The smallest absolute Gasteiger partial charge is 0.138 e. The molecule has 1 aromatic heterocycles. The highest BCUT2D eigenvalue weighted by molar-refractivity contribution is 5.80. The molecule has 0 atom stereocenters. The number of aromatic nitrogens is 2. The zero-order valence-corrected chi connectivity index (χ0v) is 10.3. The lowest BCUT2D eigenvalue weighted by Gasteiger charge is -1.96. The number of imidazole rings is 1. The highest BCUT2D eigenvalue weighted by Crippen LogP contribution is 2.22. The van der Waals surface area contributed by atoms with Crippen LogP contribution in [0.5, 0.6) is 0 Å². The van der Waals surface area contributed by atoms with Gasteiger partial charge in [0, 0.05) is 5.56 Å². The Morgan fingerprint density at radius 3 is 2.50 bits per heavy atom. The van der Waals surface area contributed by atoms with E-state index in [0.29, 0.717) is 5.56 Å². The lowest BCUT2D eigenvalue weighted by Crippen LogP contribution is -1.81. The number of benzene rings is 2. The quantitative estimate of drug-likeness (QED) is 0.684. The maximum atomic E-state index is 13.5. The first kappa shape index (κ1) is 11.0. The van der Waals surface area contributed by atoms with E-state index in [-0.39, 0.29) is 5.82 Å². The van der Waals surface area contributed by atoms with Crippen molar-refractivity contribution in [3.63, 3.8) is 0 Å². The summed E-state index contributed by atoms with van der Waals surface area (Å²) in [4.78, 5) is 7.64. The Bertz CT molecular complexity index is 672. The molecular formula is C15H13FN2. The Balaban J connectivity index is 2.16. The van der Waals surface area contributed by atoms with Gasteiger partial charge in [0.25, 0.3) is 0 Å². The van der Waals surface area contributed by atoms with Gasteiger partial charge in [0.05, 0.1) is 11.0 Å². The highest BCUT2D eigenvalue weighted by Gasteiger charge is 2.07. The van der Waals surface area contributed by atoms with E-state index in [1.54, 1.807) is 13.0 Å². The van der Waals surface area contributed by atoms with Crippen molar-refractivity contribution in [3.8, 4) is 11.4 Å². The molecule has 0 radical (unpaired) electrons. The van der Waals surface area contributed by atoms with Crippen LogP contribution in [-0.4, -0.2) is 9.97 Å². The van der Waals surface area contributed by atoms with Crippen molar-refractivity contribution < 1.29 is 4.39 Å². The summed E-state index contributed by atoms with van der Waals surface area (Å²) in [5.41, 5.74) is 4.36. The first-order valence-electron chi connectivity index (χ1n) is 5.86. The van der Waals surface area contributed by atoms with Gasteiger partial charge in [0.2, 0.25) is 0 Å². The number of hydrogen-bond donors (Lipinski definition) is 1. The predicted octanol–water partition coefficient (Wildman–Crippen LogP) is 3.99. The van der Waals surface area contributed by atoms with Gasteiger partial charge < -0.3 is 4.98 Å². The van der Waals surface area contributed by atoms with Crippen molar-refractivity contribution in [3.05, 3.63) is 53.3 Å². The van der Waals surface area contributed by atoms with Gasteiger partial charge >= 0.3 is 0 Å². The van der Waals surface area contributed by atoms with Crippen LogP contribution in [0, 0.1) is 19.7 Å². The minimum atomic E-state index is -0.207. The summed E-state index contributed by atoms with van der Waals surface area (Å²) < 4.78 is 13.5. The van der Waals surface area contributed by atoms with Crippen LogP contribution in [0.2, 0.25) is 0 Å². The van der Waals surface area contributed by atoms with Crippen molar-refractivity contribution in [1.82, 2.24) is 9.97 Å². The van der Waals surface area contributed by atoms with Crippen molar-refractivity contribution >= 4 is 11.0 Å². The topological polar surface area (TPSA) is 28.7 Å². The maximum absolute atomic E-state index is 13.5. The third-order valence-electron chi connectivity index (χ3n) is 3.09. The lowest BCUT2D eigenvalue weighted by molar-refractivity contribution is 0.620. The van der Waals surface area contributed by atoms with Gasteiger partial charge in [-0.15, -0.1) is 0 Å². The number of nitrogens with one attached hydrogen (secondary N) is 1. The molecule has 0 fully saturated rings. The SMILES string of the molecule is Cc1ccc(-c2nc3cc(C)c(F)cc3[nH]2)cc1. The zero-order chi connectivity index (χ0) is 12.7. The Kier molecular flexibility index (Phi) is 2.40. The van der Waals surface area contributed by atoms with E-state index < -0.39 is 0 Å². The molecule has 2 nitrogen and oxygen atoms in total. The molecule has 3 heteroatoms. The molecule has 3 rings (SSSR count). The van der Waals surface area contributed by atoms with Gasteiger partial charge in [-0.2, -0.15) is 0 Å². The monoisotopic (exact) mass is 240 g/mol. The number of halogens is 1. The summed E-state index contributed by atoms with van der Waals surface area (Å²) in [6.45, 7) is 3.79. The van der Waals surface area contributed by atoms with Gasteiger partial charge in [0.15, 0.2) is 0 Å². The van der Waals surface area contributed by atoms with Crippen molar-refractivity contribution in [2.75, 3.05) is 0 Å². The maximum Gasteiger partial charge on any atom is 0.138 e. The molecule has 0 amide bonds. The number of aryl methyl sites for hydroxylation is 2. The predicted molar refractivity (Wildman–Crippen MR) is 71.0 cm³/mol. The van der Waals surface area contributed by atoms with E-state index in [9.17, 15) is 4.39 Å². The van der Waals surface area contributed by atoms with Crippen LogP contribution in [0.25, 0.3) is 22.4 Å². The van der Waals surface area contributed by atoms with Crippen LogP contribution < -0.4 is 0 Å². The average molecular weight is 240 g/mol. The molecular weight excluding hydrogens is 227 g/mol. The molecule has 0 saturated carbocycles. The number of hydrogen-bond acceptors (Lipinski definition) is 1. The molecule has 0 aliphatic heterocycles. The Morgan fingerprint density at radius 1 is 1.06 bits per heavy atom. The molecule has 0 bridgehead atoms. The molecule has 18 heavy (non-hydrogen) atoms. The third-order valence-corrected chi connectivity index (χ3v) is 3.09. The molecule has 0 spiro atoms. The summed E-state index contributed by atoms with van der Waals surface area (Å²) in [6, 6.07) is 11.4. The minimum absolute atomic E-state index is 0.207. The first-order valence-corrected chi connectivity index (χ1v) is 5.86. The standard InChI is InChI=1S/C15H13FN2/c1-9-3-5-11(6-4-9)15-17-13-7-10(2)12(16)8-14(13)18-15/h3-8H,1-2H3,(H,17,18). The summed E-state index contributed by atoms with van der Waals surface area (Å²) >= 11 is 0. The van der Waals surface area contributed by atoms with Gasteiger partial charge in [-0.05, 0) is 31.5 Å². The molecule has 1 heterocycles. The minimum Gasteiger partial charge on any atom is -0.338 e. The summed E-state index contributed by atoms with van der Waals surface area (Å²) in [6.07, 6.45) is 0. The molecule has 90 valence electrons. The number of rotatable bonds is 1. The number of aromatic amines is 1. The van der Waals surface area contributed by atoms with E-state index in [0.717, 1.165) is 22.4 Å². The van der Waals surface area contributed by atoms with E-state index in [1.165, 1.54) is 11.6 Å². The molecule has 0 unspecified atom stereocenters. The second-order valence-corrected chi connectivity index (χ2v) is 4.57. The van der Waals surface area contributed by atoms with Crippen molar-refractivity contribution in [2.45, 2.75) is 13.8 Å². The lowest BCUT2D eigenvalue weighted by atomic mass is 10.1. The van der Waals surface area contributed by atoms with Gasteiger partial charge in [-0.25, -0.2) is 9.37 Å². The molecule has 3 aromatic rings. The Morgan fingerprint density at radius 2 is 1.78 bits per heavy atom. The van der Waals surface area contributed by atoms with Crippen molar-refractivity contribution in [1.29, 1.82) is 0 Å². The zero-order valence-electron chi connectivity index (χ0n) is 10.3. The third kappa shape index (κ3) is 1.78. The van der Waals surface area contributed by atoms with E-state index >= 15 is 0 Å². The van der Waals surface area contributed by atoms with Crippen molar-refractivity contribution in [2.24, 2.45) is 0 Å². The van der Waals surface area contributed by atoms with E-state index in [4.69, 9.17) is 0 Å². The fraction of sp³-hybridized carbons (Fsp3) is 0.133. The van der Waals surface area contributed by atoms with E-state index in [1.807, 2.05) is 31.2 Å². The fourth-order valence-corrected chi connectivity index (χ4v) is 1.98. The summed E-state index contributed by atoms with van der Waals surface area (Å²) in [5.74, 6) is 0.566. The summed E-state index contributed by atoms with van der Waals surface area (Å²) in [7, 11) is 0. The number of H-pyrrole nitrogens is 1. The number of nitrogens with zero attached hydrogens (tertiary/aromatic N) is 1. The van der Waals surface area contributed by atoms with Crippen LogP contribution in [0.1, 0.15) is 11.1 Å². The number of fused-ring (bicyclic) bond motifs is 1. The van der Waals surface area contributed by atoms with Gasteiger partial charge in [-0.3, -0.25) is 0 Å². The van der Waals surface area contributed by atoms with Crippen LogP contribution in [0.3, 0.4) is 0 Å². The van der Waals surface area contributed by atoms with E-state index in [2.05, 4.69) is 9.97 Å². The second-order valence-electron chi connectivity index (χ2n) is 4.57. The molecule has 0 aliphatic carbocycles. The van der Waals surface area contributed by atoms with Crippen LogP contribution in [0.15, 0.2) is 36.4 Å². The summed E-state index contributed by atoms with van der Waals surface area (Å²) in [5, 5.41) is 0. The largest absolute Gasteiger partial charge is 0.338 e. The first-order chi connectivity index (χ1) is 8.63. The van der Waals surface area contributed by atoms with Gasteiger partial charge in [0.1, 0.15) is 11.6 Å². The average Bonchev–Trinajstić information content (AvgIpc) is 2.73. The fourth-order valence-electron chi connectivity index (χ4n) is 1.98. The molecule has 1 N–H and O–H groups in total. The molecule has 2 aromatic carbocycles. The second kappa shape index (κ2) is 3.95. The Labute approximate surface area is 104 Å². The van der Waals surface area contributed by atoms with Crippen LogP contribution >= 0.6 is 0 Å². The van der Waals surface area contributed by atoms with Gasteiger partial charge in [-0.1, -0.05) is 29.8 Å².